The topological polar surface area (TPSA) is 123 Å². The van der Waals surface area contributed by atoms with Crippen molar-refractivity contribution in [1.29, 1.82) is 0 Å². The van der Waals surface area contributed by atoms with E-state index in [2.05, 4.69) is 9.78 Å². The molecule has 0 amide bonds. The van der Waals surface area contributed by atoms with Gasteiger partial charge in [-0.3, -0.25) is 14.3 Å². The van der Waals surface area contributed by atoms with Gasteiger partial charge in [0.25, 0.3) is 5.56 Å². The Kier molecular flexibility index (Phi) is 4.12. The zero-order valence-electron chi connectivity index (χ0n) is 10.1. The zero-order chi connectivity index (χ0) is 14.0. The highest BCUT2D eigenvalue weighted by Gasteiger charge is 2.44. The number of nitrogens with one attached hydrogen (secondary N) is 1. The molecular formula is C10H14N2O7. The summed E-state index contributed by atoms with van der Waals surface area (Å²) in [5.41, 5.74) is -1.30. The Bertz CT molecular complexity index is 539. The van der Waals surface area contributed by atoms with E-state index in [0.29, 0.717) is 0 Å². The van der Waals surface area contributed by atoms with Gasteiger partial charge in [-0.25, -0.2) is 14.6 Å². The fraction of sp³-hybridized carbons (Fsp3) is 0.600. The van der Waals surface area contributed by atoms with Crippen LogP contribution in [-0.2, 0) is 14.5 Å². The summed E-state index contributed by atoms with van der Waals surface area (Å²) in [4.78, 5) is 33.6. The number of hydrogen-bond donors (Lipinski definition) is 3. The van der Waals surface area contributed by atoms with E-state index < -0.39 is 35.8 Å². The van der Waals surface area contributed by atoms with Gasteiger partial charge in [-0.05, 0) is 0 Å². The lowest BCUT2D eigenvalue weighted by atomic mass is 10.1. The summed E-state index contributed by atoms with van der Waals surface area (Å²) in [6, 6.07) is 1.11. The molecule has 1 aliphatic heterocycles. The van der Waals surface area contributed by atoms with Crippen LogP contribution in [0.5, 0.6) is 0 Å². The molecule has 106 valence electrons. The molecule has 2 heterocycles. The van der Waals surface area contributed by atoms with Crippen LogP contribution < -0.4 is 11.2 Å². The maximum absolute atomic E-state index is 11.6. The molecule has 1 aromatic heterocycles. The molecule has 9 heteroatoms. The maximum atomic E-state index is 11.6. The van der Waals surface area contributed by atoms with Crippen molar-refractivity contribution in [3.05, 3.63) is 33.1 Å². The molecule has 9 nitrogen and oxygen atoms in total. The first kappa shape index (κ1) is 13.9. The summed E-state index contributed by atoms with van der Waals surface area (Å²) in [6.07, 6.45) is -3.34. The van der Waals surface area contributed by atoms with Crippen LogP contribution in [0.15, 0.2) is 21.9 Å². The predicted molar refractivity (Wildman–Crippen MR) is 60.2 cm³/mol. The Morgan fingerprint density at radius 3 is 2.79 bits per heavy atom. The number of H-pyrrole nitrogens is 1. The van der Waals surface area contributed by atoms with Crippen molar-refractivity contribution >= 4 is 0 Å². The Hall–Kier alpha value is -1.52. The van der Waals surface area contributed by atoms with Crippen molar-refractivity contribution in [2.45, 2.75) is 24.5 Å². The molecule has 2 unspecified atom stereocenters. The normalized spacial score (nSPS) is 30.7. The molecular weight excluding hydrogens is 260 g/mol. The van der Waals surface area contributed by atoms with Crippen molar-refractivity contribution in [2.75, 3.05) is 13.7 Å². The van der Waals surface area contributed by atoms with Crippen LogP contribution in [0.3, 0.4) is 0 Å². The lowest BCUT2D eigenvalue weighted by Gasteiger charge is -2.16. The number of ether oxygens (including phenoxy) is 1. The number of hydrogen-bond acceptors (Lipinski definition) is 7. The van der Waals surface area contributed by atoms with Crippen LogP contribution in [-0.4, -0.2) is 51.8 Å². The van der Waals surface area contributed by atoms with E-state index in [1.54, 1.807) is 0 Å². The van der Waals surface area contributed by atoms with E-state index >= 15 is 0 Å². The Morgan fingerprint density at radius 2 is 2.16 bits per heavy atom. The third kappa shape index (κ3) is 2.74. The highest BCUT2D eigenvalue weighted by molar-refractivity contribution is 4.92. The van der Waals surface area contributed by atoms with Crippen molar-refractivity contribution in [2.24, 2.45) is 0 Å². The molecule has 0 aliphatic carbocycles. The van der Waals surface area contributed by atoms with E-state index in [4.69, 9.17) is 4.74 Å². The highest BCUT2D eigenvalue weighted by Crippen LogP contribution is 2.28. The molecule has 19 heavy (non-hydrogen) atoms. The minimum Gasteiger partial charge on any atom is -0.387 e. The minimum atomic E-state index is -1.32. The van der Waals surface area contributed by atoms with Crippen LogP contribution >= 0.6 is 0 Å². The van der Waals surface area contributed by atoms with Gasteiger partial charge in [-0.15, -0.1) is 0 Å². The average molecular weight is 274 g/mol. The summed E-state index contributed by atoms with van der Waals surface area (Å²) in [5, 5.41) is 19.6. The number of aliphatic hydroxyl groups is 2. The van der Waals surface area contributed by atoms with E-state index in [1.807, 2.05) is 4.98 Å². The van der Waals surface area contributed by atoms with E-state index in [9.17, 15) is 19.8 Å². The van der Waals surface area contributed by atoms with E-state index in [0.717, 1.165) is 10.6 Å². The Balaban J connectivity index is 2.21. The van der Waals surface area contributed by atoms with Crippen LogP contribution in [0.2, 0.25) is 0 Å². The number of aliphatic hydroxyl groups excluding tert-OH is 2. The standard InChI is InChI=1S/C10H14N2O7/c1-17-18-4-5-7(14)8(15)9(19-5)12-3-2-6(13)11-10(12)16/h2-3,5,7-9,14-15H,4H2,1H3,(H,11,13,16)/t5-,7?,8?,9-/m1/s1. The first-order chi connectivity index (χ1) is 9.04. The second-order valence-corrected chi connectivity index (χ2v) is 4.01. The fourth-order valence-corrected chi connectivity index (χ4v) is 1.86. The van der Waals surface area contributed by atoms with Crippen LogP contribution in [0.1, 0.15) is 6.23 Å². The lowest BCUT2D eigenvalue weighted by molar-refractivity contribution is -0.290. The van der Waals surface area contributed by atoms with E-state index in [1.165, 1.54) is 13.3 Å². The number of nitrogens with zero attached hydrogens (tertiary/aromatic N) is 1. The smallest absolute Gasteiger partial charge is 0.330 e. The van der Waals surface area contributed by atoms with Crippen molar-refractivity contribution in [1.82, 2.24) is 9.55 Å². The summed E-state index contributed by atoms with van der Waals surface area (Å²) in [7, 11) is 1.29. The minimum absolute atomic E-state index is 0.108. The van der Waals surface area contributed by atoms with Gasteiger partial charge >= 0.3 is 5.69 Å². The predicted octanol–water partition coefficient (Wildman–Crippen LogP) is -2.27. The van der Waals surface area contributed by atoms with Crippen molar-refractivity contribution in [3.8, 4) is 0 Å². The number of rotatable bonds is 4. The van der Waals surface area contributed by atoms with Gasteiger partial charge in [-0.1, -0.05) is 0 Å². The summed E-state index contributed by atoms with van der Waals surface area (Å²) in [6.45, 7) is -0.108. The van der Waals surface area contributed by atoms with E-state index in [-0.39, 0.29) is 6.61 Å². The first-order valence-corrected chi connectivity index (χ1v) is 5.53. The molecule has 0 spiro atoms. The van der Waals surface area contributed by atoms with Gasteiger partial charge in [0, 0.05) is 12.3 Å². The molecule has 4 atom stereocenters. The molecule has 1 saturated heterocycles. The SMILES string of the molecule is COOC[C@H]1O[C@@H](n2ccc(=O)[nH]c2=O)C(O)C1O. The first-order valence-electron chi connectivity index (χ1n) is 5.53. The van der Waals surface area contributed by atoms with Gasteiger partial charge in [0.05, 0.1) is 7.11 Å². The quantitative estimate of drug-likeness (QED) is 0.418. The van der Waals surface area contributed by atoms with Gasteiger partial charge in [-0.2, -0.15) is 0 Å². The summed E-state index contributed by atoms with van der Waals surface area (Å²) < 4.78 is 6.32. The molecule has 0 saturated carbocycles. The number of aromatic amines is 1. The van der Waals surface area contributed by atoms with Gasteiger partial charge in [0.1, 0.15) is 24.9 Å². The molecule has 2 rings (SSSR count). The largest absolute Gasteiger partial charge is 0.387 e. The average Bonchev–Trinajstić information content (AvgIpc) is 2.64. The van der Waals surface area contributed by atoms with Crippen LogP contribution in [0.25, 0.3) is 0 Å². The van der Waals surface area contributed by atoms with Gasteiger partial charge in [0.15, 0.2) is 6.23 Å². The molecule has 0 aromatic carbocycles. The highest BCUT2D eigenvalue weighted by atomic mass is 17.2. The zero-order valence-corrected chi connectivity index (χ0v) is 10.1. The van der Waals surface area contributed by atoms with Gasteiger partial charge in [0.2, 0.25) is 0 Å². The fourth-order valence-electron chi connectivity index (χ4n) is 1.86. The lowest BCUT2D eigenvalue weighted by Crippen LogP contribution is -2.37. The molecule has 0 bridgehead atoms. The molecule has 3 N–H and O–H groups in total. The second-order valence-electron chi connectivity index (χ2n) is 4.01. The van der Waals surface area contributed by atoms with Crippen molar-refractivity contribution < 1.29 is 24.7 Å². The van der Waals surface area contributed by atoms with Crippen molar-refractivity contribution in [3.63, 3.8) is 0 Å². The Morgan fingerprint density at radius 1 is 1.42 bits per heavy atom. The second kappa shape index (κ2) is 5.63. The monoisotopic (exact) mass is 274 g/mol. The molecule has 1 aliphatic rings. The maximum Gasteiger partial charge on any atom is 0.330 e. The third-order valence-electron chi connectivity index (χ3n) is 2.81. The Labute approximate surface area is 106 Å². The summed E-state index contributed by atoms with van der Waals surface area (Å²) >= 11 is 0. The third-order valence-corrected chi connectivity index (χ3v) is 2.81. The summed E-state index contributed by atoms with van der Waals surface area (Å²) in [5.74, 6) is 0. The van der Waals surface area contributed by atoms with Gasteiger partial charge < -0.3 is 14.9 Å². The van der Waals surface area contributed by atoms with Crippen LogP contribution in [0.4, 0.5) is 0 Å². The number of aromatic nitrogens is 2. The molecule has 1 fully saturated rings. The molecule has 1 aromatic rings. The molecule has 0 radical (unpaired) electrons. The van der Waals surface area contributed by atoms with Crippen LogP contribution in [0, 0.1) is 0 Å².